The van der Waals surface area contributed by atoms with Crippen LogP contribution in [0.1, 0.15) is 25.5 Å². The lowest BCUT2D eigenvalue weighted by Crippen LogP contribution is -2.37. The van der Waals surface area contributed by atoms with E-state index < -0.39 is 5.60 Å². The molecule has 1 atom stereocenters. The lowest BCUT2D eigenvalue weighted by Gasteiger charge is -2.29. The Morgan fingerprint density at radius 2 is 1.92 bits per heavy atom. The Labute approximate surface area is 78.1 Å². The summed E-state index contributed by atoms with van der Waals surface area (Å²) in [5.74, 6) is 0. The van der Waals surface area contributed by atoms with E-state index >= 15 is 0 Å². The Kier molecular flexibility index (Phi) is 2.95. The van der Waals surface area contributed by atoms with Crippen molar-refractivity contribution in [3.05, 3.63) is 24.3 Å². The van der Waals surface area contributed by atoms with E-state index in [9.17, 15) is 0 Å². The molecule has 4 heteroatoms. The van der Waals surface area contributed by atoms with E-state index in [1.54, 1.807) is 19.5 Å². The molecule has 1 aromatic rings. The highest BCUT2D eigenvalue weighted by Gasteiger charge is 2.27. The smallest absolute Gasteiger partial charge is 0.115 e. The minimum Gasteiger partial charge on any atom is -0.377 e. The SMILES string of the molecule is COC(C)(C)C(N)c1cncnc1. The molecule has 0 aliphatic rings. The molecule has 1 aromatic heterocycles. The number of nitrogens with zero attached hydrogens (tertiary/aromatic N) is 2. The summed E-state index contributed by atoms with van der Waals surface area (Å²) in [5.41, 5.74) is 6.46. The van der Waals surface area contributed by atoms with Crippen molar-refractivity contribution < 1.29 is 4.74 Å². The average molecular weight is 181 g/mol. The molecular formula is C9H15N3O. The maximum absolute atomic E-state index is 5.98. The van der Waals surface area contributed by atoms with E-state index in [4.69, 9.17) is 10.5 Å². The highest BCUT2D eigenvalue weighted by atomic mass is 16.5. The van der Waals surface area contributed by atoms with E-state index in [2.05, 4.69) is 9.97 Å². The average Bonchev–Trinajstić information content (AvgIpc) is 2.18. The molecule has 0 radical (unpaired) electrons. The van der Waals surface area contributed by atoms with Crippen molar-refractivity contribution in [3.63, 3.8) is 0 Å². The van der Waals surface area contributed by atoms with Gasteiger partial charge in [-0.15, -0.1) is 0 Å². The van der Waals surface area contributed by atoms with E-state index in [1.807, 2.05) is 13.8 Å². The summed E-state index contributed by atoms with van der Waals surface area (Å²) in [5, 5.41) is 0. The van der Waals surface area contributed by atoms with Crippen molar-refractivity contribution in [3.8, 4) is 0 Å². The van der Waals surface area contributed by atoms with Gasteiger partial charge >= 0.3 is 0 Å². The summed E-state index contributed by atoms with van der Waals surface area (Å²) in [7, 11) is 1.64. The first-order chi connectivity index (χ1) is 6.08. The molecular weight excluding hydrogens is 166 g/mol. The summed E-state index contributed by atoms with van der Waals surface area (Å²) in [4.78, 5) is 7.81. The van der Waals surface area contributed by atoms with Gasteiger partial charge in [0.15, 0.2) is 0 Å². The number of aromatic nitrogens is 2. The molecule has 0 spiro atoms. The molecule has 0 aromatic carbocycles. The van der Waals surface area contributed by atoms with Crippen molar-refractivity contribution >= 4 is 0 Å². The molecule has 0 aliphatic heterocycles. The molecule has 0 bridgehead atoms. The number of rotatable bonds is 3. The summed E-state index contributed by atoms with van der Waals surface area (Å²) >= 11 is 0. The van der Waals surface area contributed by atoms with Gasteiger partial charge in [-0.3, -0.25) is 0 Å². The van der Waals surface area contributed by atoms with Gasteiger partial charge in [0.2, 0.25) is 0 Å². The van der Waals surface area contributed by atoms with Gasteiger partial charge in [-0.25, -0.2) is 9.97 Å². The molecule has 0 aliphatic carbocycles. The van der Waals surface area contributed by atoms with Crippen LogP contribution < -0.4 is 5.73 Å². The zero-order valence-corrected chi connectivity index (χ0v) is 8.19. The van der Waals surface area contributed by atoms with Gasteiger partial charge in [0.05, 0.1) is 11.6 Å². The van der Waals surface area contributed by atoms with E-state index in [0.29, 0.717) is 0 Å². The molecule has 1 heterocycles. The Hall–Kier alpha value is -1.00. The van der Waals surface area contributed by atoms with E-state index in [-0.39, 0.29) is 6.04 Å². The van der Waals surface area contributed by atoms with Crippen LogP contribution in [-0.4, -0.2) is 22.7 Å². The zero-order chi connectivity index (χ0) is 9.90. The second-order valence-electron chi connectivity index (χ2n) is 3.46. The van der Waals surface area contributed by atoms with Crippen molar-refractivity contribution in [2.45, 2.75) is 25.5 Å². The number of hydrogen-bond donors (Lipinski definition) is 1. The molecule has 2 N–H and O–H groups in total. The van der Waals surface area contributed by atoms with Gasteiger partial charge in [-0.1, -0.05) is 0 Å². The summed E-state index contributed by atoms with van der Waals surface area (Å²) in [6.45, 7) is 3.87. The lowest BCUT2D eigenvalue weighted by atomic mass is 9.94. The van der Waals surface area contributed by atoms with Crippen molar-refractivity contribution in [2.24, 2.45) is 5.73 Å². The van der Waals surface area contributed by atoms with E-state index in [0.717, 1.165) is 5.56 Å². The highest BCUT2D eigenvalue weighted by molar-refractivity contribution is 5.12. The predicted octanol–water partition coefficient (Wildman–Crippen LogP) is 0.901. The molecule has 0 amide bonds. The van der Waals surface area contributed by atoms with Crippen LogP contribution in [0.5, 0.6) is 0 Å². The van der Waals surface area contributed by atoms with Gasteiger partial charge in [0.1, 0.15) is 6.33 Å². The third kappa shape index (κ3) is 2.23. The van der Waals surface area contributed by atoms with Crippen LogP contribution in [0.4, 0.5) is 0 Å². The number of hydrogen-bond acceptors (Lipinski definition) is 4. The van der Waals surface area contributed by atoms with Crippen LogP contribution >= 0.6 is 0 Å². The molecule has 0 saturated heterocycles. The molecule has 4 nitrogen and oxygen atoms in total. The van der Waals surface area contributed by atoms with Gasteiger partial charge in [0, 0.05) is 25.1 Å². The summed E-state index contributed by atoms with van der Waals surface area (Å²) in [6, 6.07) is -0.210. The normalized spacial score (nSPS) is 14.2. The van der Waals surface area contributed by atoms with Crippen LogP contribution in [0.3, 0.4) is 0 Å². The second-order valence-corrected chi connectivity index (χ2v) is 3.46. The predicted molar refractivity (Wildman–Crippen MR) is 50.0 cm³/mol. The van der Waals surface area contributed by atoms with Crippen molar-refractivity contribution in [1.29, 1.82) is 0 Å². The minimum absolute atomic E-state index is 0.210. The highest BCUT2D eigenvalue weighted by Crippen LogP contribution is 2.24. The largest absolute Gasteiger partial charge is 0.377 e. The molecule has 0 fully saturated rings. The minimum atomic E-state index is -0.398. The standard InChI is InChI=1S/C9H15N3O/c1-9(2,13-3)8(10)7-4-11-6-12-5-7/h4-6,8H,10H2,1-3H3. The lowest BCUT2D eigenvalue weighted by molar-refractivity contribution is -0.000203. The monoisotopic (exact) mass is 181 g/mol. The first kappa shape index (κ1) is 10.1. The van der Waals surface area contributed by atoms with Gasteiger partial charge in [-0.2, -0.15) is 0 Å². The van der Waals surface area contributed by atoms with Crippen LogP contribution in [0.25, 0.3) is 0 Å². The number of methoxy groups -OCH3 is 1. The molecule has 1 unspecified atom stereocenters. The second kappa shape index (κ2) is 3.81. The fourth-order valence-corrected chi connectivity index (χ4v) is 1.000. The molecule has 72 valence electrons. The Balaban J connectivity index is 2.85. The fourth-order valence-electron chi connectivity index (χ4n) is 1.000. The number of nitrogens with two attached hydrogens (primary N) is 1. The quantitative estimate of drug-likeness (QED) is 0.752. The molecule has 0 saturated carbocycles. The van der Waals surface area contributed by atoms with Crippen LogP contribution in [0.2, 0.25) is 0 Å². The van der Waals surface area contributed by atoms with Gasteiger partial charge in [-0.05, 0) is 13.8 Å². The molecule has 13 heavy (non-hydrogen) atoms. The van der Waals surface area contributed by atoms with Crippen molar-refractivity contribution in [2.75, 3.05) is 7.11 Å². The fraction of sp³-hybridized carbons (Fsp3) is 0.556. The topological polar surface area (TPSA) is 61.0 Å². The van der Waals surface area contributed by atoms with E-state index in [1.165, 1.54) is 6.33 Å². The maximum Gasteiger partial charge on any atom is 0.115 e. The maximum atomic E-state index is 5.98. The van der Waals surface area contributed by atoms with Gasteiger partial charge in [0.25, 0.3) is 0 Å². The summed E-state index contributed by atoms with van der Waals surface area (Å²) in [6.07, 6.45) is 4.90. The third-order valence-corrected chi connectivity index (χ3v) is 2.21. The third-order valence-electron chi connectivity index (χ3n) is 2.21. The van der Waals surface area contributed by atoms with Crippen LogP contribution in [-0.2, 0) is 4.74 Å². The van der Waals surface area contributed by atoms with Crippen molar-refractivity contribution in [1.82, 2.24) is 9.97 Å². The Bertz CT molecular complexity index is 261. The zero-order valence-electron chi connectivity index (χ0n) is 8.19. The Morgan fingerprint density at radius 3 is 2.38 bits per heavy atom. The molecule has 1 rings (SSSR count). The number of ether oxygens (including phenoxy) is 1. The van der Waals surface area contributed by atoms with Crippen LogP contribution in [0.15, 0.2) is 18.7 Å². The van der Waals surface area contributed by atoms with Crippen LogP contribution in [0, 0.1) is 0 Å². The first-order valence-corrected chi connectivity index (χ1v) is 4.13. The summed E-state index contributed by atoms with van der Waals surface area (Å²) < 4.78 is 5.27. The first-order valence-electron chi connectivity index (χ1n) is 4.13. The van der Waals surface area contributed by atoms with Gasteiger partial charge < -0.3 is 10.5 Å². The Morgan fingerprint density at radius 1 is 1.38 bits per heavy atom.